The van der Waals surface area contributed by atoms with Gasteiger partial charge in [-0.15, -0.1) is 0 Å². The van der Waals surface area contributed by atoms with Crippen LogP contribution in [0.1, 0.15) is 13.8 Å². The molecule has 0 spiro atoms. The van der Waals surface area contributed by atoms with Crippen LogP contribution in [0.3, 0.4) is 0 Å². The monoisotopic (exact) mass is 363 g/mol. The van der Waals surface area contributed by atoms with E-state index < -0.39 is 15.3 Å². The third-order valence-electron chi connectivity index (χ3n) is 0.408. The van der Waals surface area contributed by atoms with Gasteiger partial charge in [-0.2, -0.15) is 0 Å². The van der Waals surface area contributed by atoms with Gasteiger partial charge in [-0.3, -0.25) is 0 Å². The molecule has 0 aromatic carbocycles. The largest absolute Gasteiger partial charge is 0.356 e. The van der Waals surface area contributed by atoms with Gasteiger partial charge in [-0.25, -0.2) is 0 Å². The van der Waals surface area contributed by atoms with Gasteiger partial charge in [0.2, 0.25) is 0 Å². The SMILES string of the molecule is CC(C)[CH2][Sn+3].O=[N+]([O-])[O-].O=[N+]([O-])[O-].O=[N+]([O-])[O-]. The second-order valence-electron chi connectivity index (χ2n) is 2.27. The topological polar surface area (TPSA) is 199 Å². The maximum Gasteiger partial charge on any atom is 0.0689 e. The number of hydrogen-bond donors (Lipinski definition) is 0. The minimum Gasteiger partial charge on any atom is -0.356 e. The molecule has 0 aliphatic carbocycles. The quantitative estimate of drug-likeness (QED) is 0.362. The first-order valence-electron chi connectivity index (χ1n) is 3.56. The minimum atomic E-state index is -1.75. The Morgan fingerprint density at radius 2 is 0.882 bits per heavy atom. The van der Waals surface area contributed by atoms with Gasteiger partial charge >= 0.3 is 46.7 Å². The predicted molar refractivity (Wildman–Crippen MR) is 56.5 cm³/mol. The smallest absolute Gasteiger partial charge is 0.0689 e. The summed E-state index contributed by atoms with van der Waals surface area (Å²) in [6, 6.07) is 0. The van der Waals surface area contributed by atoms with E-state index >= 15 is 0 Å². The normalized spacial score (nSPS) is 7.12. The van der Waals surface area contributed by atoms with Crippen molar-refractivity contribution in [3.05, 3.63) is 46.0 Å². The molecule has 0 radical (unpaired) electrons. The molecule has 13 heteroatoms. The van der Waals surface area contributed by atoms with Crippen molar-refractivity contribution in [2.24, 2.45) is 5.92 Å². The zero-order chi connectivity index (χ0) is 15.0. The van der Waals surface area contributed by atoms with Crippen LogP contribution in [0.2, 0.25) is 4.44 Å². The van der Waals surface area contributed by atoms with Crippen LogP contribution in [0.15, 0.2) is 0 Å². The molecule has 0 rings (SSSR count). The van der Waals surface area contributed by atoms with Crippen molar-refractivity contribution in [3.63, 3.8) is 0 Å². The van der Waals surface area contributed by atoms with Crippen molar-refractivity contribution in [1.29, 1.82) is 0 Å². The van der Waals surface area contributed by atoms with E-state index in [1.807, 2.05) is 0 Å². The van der Waals surface area contributed by atoms with Crippen molar-refractivity contribution in [3.8, 4) is 0 Å². The third kappa shape index (κ3) is 13900. The summed E-state index contributed by atoms with van der Waals surface area (Å²) in [5.41, 5.74) is 0. The van der Waals surface area contributed by atoms with Crippen LogP contribution in [0.25, 0.3) is 0 Å². The molecule has 0 aliphatic rings. The molecule has 0 bridgehead atoms. The Balaban J connectivity index is -0.0000000667. The molecule has 0 atom stereocenters. The van der Waals surface area contributed by atoms with Crippen molar-refractivity contribution in [2.45, 2.75) is 18.3 Å². The summed E-state index contributed by atoms with van der Waals surface area (Å²) < 4.78 is 1.40. The summed E-state index contributed by atoms with van der Waals surface area (Å²) >= 11 is 1.66. The van der Waals surface area contributed by atoms with Gasteiger partial charge in [0.05, 0.1) is 15.3 Å². The molecule has 17 heavy (non-hydrogen) atoms. The van der Waals surface area contributed by atoms with E-state index in [4.69, 9.17) is 46.0 Å². The molecule has 98 valence electrons. The molecule has 12 nitrogen and oxygen atoms in total. The minimum absolute atomic E-state index is 0.924. The zero-order valence-corrected chi connectivity index (χ0v) is 11.7. The molecule has 0 fully saturated rings. The fourth-order valence-corrected chi connectivity index (χ4v) is 0. The summed E-state index contributed by atoms with van der Waals surface area (Å²) in [5, 5.41) is 44.2. The first-order valence-corrected chi connectivity index (χ1v) is 5.58. The molecule has 0 saturated heterocycles. The second kappa shape index (κ2) is 19.9. The molecule has 0 heterocycles. The number of rotatable bonds is 1. The fraction of sp³-hybridized carbons (Fsp3) is 1.00. The van der Waals surface area contributed by atoms with Crippen molar-refractivity contribution >= 4 is 22.5 Å². The summed E-state index contributed by atoms with van der Waals surface area (Å²) in [7, 11) is 0. The standard InChI is InChI=1S/C4H9.3NO3.Sn/c1-4(2)3;3*2-1(3)4;/h4H,1H2,2-3H3;;;;/q;3*-1;+3. The van der Waals surface area contributed by atoms with E-state index in [2.05, 4.69) is 13.8 Å². The summed E-state index contributed by atoms with van der Waals surface area (Å²) in [6.45, 7) is 4.49. The maximum absolute atomic E-state index is 8.25. The van der Waals surface area contributed by atoms with Crippen LogP contribution >= 0.6 is 0 Å². The first kappa shape index (κ1) is 24.6. The van der Waals surface area contributed by atoms with Gasteiger partial charge in [0.25, 0.3) is 0 Å². The average Bonchev–Trinajstić information content (AvgIpc) is 2.00. The van der Waals surface area contributed by atoms with Gasteiger partial charge in [0, 0.05) is 0 Å². The molecular weight excluding hydrogens is 353 g/mol. The Morgan fingerprint density at radius 3 is 0.882 bits per heavy atom. The molecule has 0 N–H and O–H groups in total. The van der Waals surface area contributed by atoms with Crippen molar-refractivity contribution in [2.75, 3.05) is 0 Å². The number of hydrogen-bond acceptors (Lipinski definition) is 9. The van der Waals surface area contributed by atoms with E-state index in [1.54, 1.807) is 22.5 Å². The zero-order valence-electron chi connectivity index (χ0n) is 8.80. The van der Waals surface area contributed by atoms with Crippen molar-refractivity contribution in [1.82, 2.24) is 0 Å². The molecular formula is C4H9N3O9Sn. The predicted octanol–water partition coefficient (Wildman–Crippen LogP) is 0.512. The Bertz CT molecular complexity index is 170. The Morgan fingerprint density at radius 1 is 0.824 bits per heavy atom. The van der Waals surface area contributed by atoms with Gasteiger partial charge in [0.1, 0.15) is 0 Å². The van der Waals surface area contributed by atoms with Gasteiger partial charge in [-0.1, -0.05) is 0 Å². The Kier molecular flexibility index (Phi) is 28.8. The molecule has 0 aromatic heterocycles. The Labute approximate surface area is 108 Å². The summed E-state index contributed by atoms with van der Waals surface area (Å²) in [4.78, 5) is 24.8. The molecule has 0 saturated carbocycles. The van der Waals surface area contributed by atoms with Crippen LogP contribution in [-0.4, -0.2) is 37.8 Å². The van der Waals surface area contributed by atoms with E-state index in [0.29, 0.717) is 0 Å². The van der Waals surface area contributed by atoms with E-state index in [1.165, 1.54) is 4.44 Å². The summed E-state index contributed by atoms with van der Waals surface area (Å²) in [6.07, 6.45) is 0. The molecule has 0 aromatic rings. The third-order valence-corrected chi connectivity index (χ3v) is 2.74. The van der Waals surface area contributed by atoms with Gasteiger partial charge in [0.15, 0.2) is 0 Å². The van der Waals surface area contributed by atoms with E-state index in [0.717, 1.165) is 5.92 Å². The van der Waals surface area contributed by atoms with Gasteiger partial charge < -0.3 is 46.0 Å². The van der Waals surface area contributed by atoms with Crippen LogP contribution in [0.4, 0.5) is 0 Å². The summed E-state index contributed by atoms with van der Waals surface area (Å²) in [5.74, 6) is 0.924. The van der Waals surface area contributed by atoms with Gasteiger partial charge in [-0.05, 0) is 0 Å². The average molecular weight is 362 g/mol. The molecule has 0 amide bonds. The molecule has 0 unspecified atom stereocenters. The van der Waals surface area contributed by atoms with Crippen LogP contribution in [-0.2, 0) is 0 Å². The van der Waals surface area contributed by atoms with Crippen LogP contribution < -0.4 is 0 Å². The first-order chi connectivity index (χ1) is 7.47. The number of nitrogens with zero attached hydrogens (tertiary/aromatic N) is 3. The second-order valence-corrected chi connectivity index (χ2v) is 3.43. The maximum atomic E-state index is 8.25. The fourth-order valence-electron chi connectivity index (χ4n) is 0. The van der Waals surface area contributed by atoms with E-state index in [9.17, 15) is 0 Å². The Hall–Kier alpha value is -1.60. The van der Waals surface area contributed by atoms with Crippen molar-refractivity contribution < 1.29 is 15.3 Å². The van der Waals surface area contributed by atoms with E-state index in [-0.39, 0.29) is 0 Å². The molecule has 0 aliphatic heterocycles. The van der Waals surface area contributed by atoms with Crippen LogP contribution in [0.5, 0.6) is 0 Å². The van der Waals surface area contributed by atoms with Crippen LogP contribution in [0, 0.1) is 51.9 Å².